The summed E-state index contributed by atoms with van der Waals surface area (Å²) in [7, 11) is 0. The number of nitrogens with one attached hydrogen (secondary N) is 1. The molecule has 1 aromatic rings. The van der Waals surface area contributed by atoms with Crippen LogP contribution in [0.2, 0.25) is 0 Å². The van der Waals surface area contributed by atoms with Crippen molar-refractivity contribution in [3.05, 3.63) is 28.2 Å². The molecule has 0 heterocycles. The van der Waals surface area contributed by atoms with Gasteiger partial charge in [0.25, 0.3) is 0 Å². The van der Waals surface area contributed by atoms with E-state index < -0.39 is 0 Å². The van der Waals surface area contributed by atoms with Crippen LogP contribution in [-0.4, -0.2) is 24.9 Å². The number of aromatic hydroxyl groups is 1. The van der Waals surface area contributed by atoms with Gasteiger partial charge >= 0.3 is 0 Å². The third-order valence-corrected chi connectivity index (χ3v) is 2.97. The van der Waals surface area contributed by atoms with Crippen LogP contribution in [0, 0.1) is 0 Å². The van der Waals surface area contributed by atoms with E-state index in [0.717, 1.165) is 49.2 Å². The van der Waals surface area contributed by atoms with Gasteiger partial charge in [0.1, 0.15) is 5.75 Å². The van der Waals surface area contributed by atoms with Crippen molar-refractivity contribution in [3.63, 3.8) is 0 Å². The number of phenolic OH excluding ortho intramolecular Hbond substituents is 1. The molecule has 0 fully saturated rings. The Labute approximate surface area is 111 Å². The molecule has 0 spiro atoms. The van der Waals surface area contributed by atoms with Gasteiger partial charge in [-0.15, -0.1) is 0 Å². The zero-order valence-electron chi connectivity index (χ0n) is 10.2. The lowest BCUT2D eigenvalue weighted by Gasteiger charge is -2.06. The molecule has 0 aromatic heterocycles. The summed E-state index contributed by atoms with van der Waals surface area (Å²) in [6, 6.07) is 5.54. The summed E-state index contributed by atoms with van der Waals surface area (Å²) in [6.45, 7) is 5.54. The minimum Gasteiger partial charge on any atom is -0.507 e. The van der Waals surface area contributed by atoms with Crippen LogP contribution in [-0.2, 0) is 11.3 Å². The van der Waals surface area contributed by atoms with Crippen LogP contribution in [0.15, 0.2) is 22.7 Å². The Bertz CT molecular complexity index is 331. The highest BCUT2D eigenvalue weighted by atomic mass is 79.9. The van der Waals surface area contributed by atoms with Gasteiger partial charge in [0.2, 0.25) is 0 Å². The van der Waals surface area contributed by atoms with E-state index in [4.69, 9.17) is 4.74 Å². The van der Waals surface area contributed by atoms with E-state index in [-0.39, 0.29) is 5.75 Å². The van der Waals surface area contributed by atoms with Gasteiger partial charge in [-0.25, -0.2) is 0 Å². The topological polar surface area (TPSA) is 41.5 Å². The van der Waals surface area contributed by atoms with E-state index in [2.05, 4.69) is 28.2 Å². The second kappa shape index (κ2) is 8.50. The molecule has 0 radical (unpaired) electrons. The van der Waals surface area contributed by atoms with Crippen molar-refractivity contribution in [3.8, 4) is 5.75 Å². The smallest absolute Gasteiger partial charge is 0.129 e. The molecule has 0 atom stereocenters. The third kappa shape index (κ3) is 6.05. The van der Waals surface area contributed by atoms with Gasteiger partial charge in [-0.3, -0.25) is 0 Å². The van der Waals surface area contributed by atoms with E-state index in [0.29, 0.717) is 0 Å². The Kier molecular flexibility index (Phi) is 7.24. The van der Waals surface area contributed by atoms with Crippen LogP contribution in [0.4, 0.5) is 0 Å². The van der Waals surface area contributed by atoms with Crippen molar-refractivity contribution < 1.29 is 9.84 Å². The fourth-order valence-electron chi connectivity index (χ4n) is 1.44. The minimum atomic E-state index is 0.279. The largest absolute Gasteiger partial charge is 0.507 e. The molecular formula is C13H20BrNO2. The summed E-state index contributed by atoms with van der Waals surface area (Å²) >= 11 is 3.30. The number of ether oxygens (including phenoxy) is 1. The molecule has 0 aliphatic rings. The first-order valence-corrected chi connectivity index (χ1v) is 6.79. The summed E-state index contributed by atoms with van der Waals surface area (Å²) in [5.41, 5.74) is 1.16. The van der Waals surface area contributed by atoms with Crippen molar-refractivity contribution in [2.75, 3.05) is 19.8 Å². The lowest BCUT2D eigenvalue weighted by molar-refractivity contribution is 0.132. The van der Waals surface area contributed by atoms with E-state index in [1.54, 1.807) is 6.07 Å². The maximum Gasteiger partial charge on any atom is 0.129 e. The highest BCUT2D eigenvalue weighted by molar-refractivity contribution is 9.10. The molecule has 0 aliphatic heterocycles. The SMILES string of the molecule is CCCOCCCNCc1ccc(O)c(Br)c1. The van der Waals surface area contributed by atoms with Gasteiger partial charge in [-0.05, 0) is 53.0 Å². The van der Waals surface area contributed by atoms with Crippen LogP contribution in [0.3, 0.4) is 0 Å². The third-order valence-electron chi connectivity index (χ3n) is 2.33. The molecule has 96 valence electrons. The van der Waals surface area contributed by atoms with Gasteiger partial charge in [0.05, 0.1) is 4.47 Å². The number of hydrogen-bond acceptors (Lipinski definition) is 3. The Morgan fingerprint density at radius 3 is 2.88 bits per heavy atom. The number of halogens is 1. The molecule has 17 heavy (non-hydrogen) atoms. The molecule has 0 aliphatic carbocycles. The Morgan fingerprint density at radius 1 is 1.35 bits per heavy atom. The van der Waals surface area contributed by atoms with Crippen LogP contribution < -0.4 is 5.32 Å². The predicted octanol–water partition coefficient (Wildman–Crippen LogP) is 3.06. The number of rotatable bonds is 8. The fraction of sp³-hybridized carbons (Fsp3) is 0.538. The Balaban J connectivity index is 2.11. The van der Waals surface area contributed by atoms with Gasteiger partial charge in [0, 0.05) is 19.8 Å². The van der Waals surface area contributed by atoms with Crippen molar-refractivity contribution in [2.24, 2.45) is 0 Å². The first-order valence-electron chi connectivity index (χ1n) is 6.00. The number of benzene rings is 1. The minimum absolute atomic E-state index is 0.279. The Hall–Kier alpha value is -0.580. The molecule has 3 nitrogen and oxygen atoms in total. The van der Waals surface area contributed by atoms with Gasteiger partial charge in [-0.1, -0.05) is 13.0 Å². The van der Waals surface area contributed by atoms with Gasteiger partial charge in [-0.2, -0.15) is 0 Å². The van der Waals surface area contributed by atoms with Crippen molar-refractivity contribution >= 4 is 15.9 Å². The first kappa shape index (κ1) is 14.5. The monoisotopic (exact) mass is 301 g/mol. The highest BCUT2D eigenvalue weighted by Gasteiger charge is 1.99. The summed E-state index contributed by atoms with van der Waals surface area (Å²) in [6.07, 6.45) is 2.11. The summed E-state index contributed by atoms with van der Waals surface area (Å²) < 4.78 is 6.13. The molecule has 0 bridgehead atoms. The van der Waals surface area contributed by atoms with Crippen LogP contribution in [0.5, 0.6) is 5.75 Å². The van der Waals surface area contributed by atoms with E-state index in [1.807, 2.05) is 12.1 Å². The lowest BCUT2D eigenvalue weighted by Crippen LogP contribution is -2.16. The molecular weight excluding hydrogens is 282 g/mol. The van der Waals surface area contributed by atoms with E-state index in [9.17, 15) is 5.11 Å². The average molecular weight is 302 g/mol. The van der Waals surface area contributed by atoms with Crippen LogP contribution in [0.1, 0.15) is 25.3 Å². The molecule has 4 heteroatoms. The fourth-order valence-corrected chi connectivity index (χ4v) is 1.86. The predicted molar refractivity (Wildman–Crippen MR) is 73.2 cm³/mol. The zero-order valence-corrected chi connectivity index (χ0v) is 11.8. The maximum absolute atomic E-state index is 9.35. The van der Waals surface area contributed by atoms with E-state index >= 15 is 0 Å². The normalized spacial score (nSPS) is 10.7. The second-order valence-electron chi connectivity index (χ2n) is 3.93. The molecule has 1 rings (SSSR count). The van der Waals surface area contributed by atoms with Crippen molar-refractivity contribution in [1.82, 2.24) is 5.32 Å². The van der Waals surface area contributed by atoms with Crippen LogP contribution in [0.25, 0.3) is 0 Å². The summed E-state index contributed by atoms with van der Waals surface area (Å²) in [4.78, 5) is 0. The van der Waals surface area contributed by atoms with Crippen molar-refractivity contribution in [2.45, 2.75) is 26.3 Å². The second-order valence-corrected chi connectivity index (χ2v) is 4.78. The Morgan fingerprint density at radius 2 is 2.18 bits per heavy atom. The van der Waals surface area contributed by atoms with E-state index in [1.165, 1.54) is 0 Å². The molecule has 0 saturated heterocycles. The van der Waals surface area contributed by atoms with Crippen molar-refractivity contribution in [1.29, 1.82) is 0 Å². The average Bonchev–Trinajstić information content (AvgIpc) is 2.32. The van der Waals surface area contributed by atoms with Gasteiger partial charge in [0.15, 0.2) is 0 Å². The molecule has 0 unspecified atom stereocenters. The first-order chi connectivity index (χ1) is 8.24. The molecule has 1 aromatic carbocycles. The van der Waals surface area contributed by atoms with Gasteiger partial charge < -0.3 is 15.2 Å². The zero-order chi connectivity index (χ0) is 12.5. The molecule has 2 N–H and O–H groups in total. The quantitative estimate of drug-likeness (QED) is 0.725. The molecule has 0 saturated carbocycles. The summed E-state index contributed by atoms with van der Waals surface area (Å²) in [5, 5.41) is 12.7. The van der Waals surface area contributed by atoms with Crippen LogP contribution >= 0.6 is 15.9 Å². The number of hydrogen-bond donors (Lipinski definition) is 2. The standard InChI is InChI=1S/C13H20BrNO2/c1-2-7-17-8-3-6-15-10-11-4-5-13(16)12(14)9-11/h4-5,9,15-16H,2-3,6-8,10H2,1H3. The highest BCUT2D eigenvalue weighted by Crippen LogP contribution is 2.24. The lowest BCUT2D eigenvalue weighted by atomic mass is 10.2. The maximum atomic E-state index is 9.35. The molecule has 0 amide bonds. The summed E-state index contributed by atoms with van der Waals surface area (Å²) in [5.74, 6) is 0.279. The number of phenols is 1.